The van der Waals surface area contributed by atoms with Crippen LogP contribution in [0.3, 0.4) is 0 Å². The van der Waals surface area contributed by atoms with Gasteiger partial charge in [-0.05, 0) is 60.5 Å². The topological polar surface area (TPSA) is 66.9 Å². The van der Waals surface area contributed by atoms with Gasteiger partial charge in [-0.15, -0.1) is 0 Å². The summed E-state index contributed by atoms with van der Waals surface area (Å²) in [5.41, 5.74) is 2.20. The van der Waals surface area contributed by atoms with Crippen LogP contribution in [0.5, 0.6) is 5.75 Å². The number of benzene rings is 3. The molecule has 1 fully saturated rings. The lowest BCUT2D eigenvalue weighted by Crippen LogP contribution is -2.67. The molecule has 3 aromatic rings. The van der Waals surface area contributed by atoms with Gasteiger partial charge in [0.1, 0.15) is 11.8 Å². The third-order valence-corrected chi connectivity index (χ3v) is 6.79. The van der Waals surface area contributed by atoms with Crippen LogP contribution in [-0.4, -0.2) is 35.3 Å². The van der Waals surface area contributed by atoms with Gasteiger partial charge < -0.3 is 9.64 Å². The summed E-state index contributed by atoms with van der Waals surface area (Å²) in [6.45, 7) is 2.75. The minimum atomic E-state index is -0.914. The van der Waals surface area contributed by atoms with Crippen molar-refractivity contribution in [2.24, 2.45) is 0 Å². The van der Waals surface area contributed by atoms with Gasteiger partial charge in [0.2, 0.25) is 0 Å². The summed E-state index contributed by atoms with van der Waals surface area (Å²) in [6, 6.07) is 20.2. The summed E-state index contributed by atoms with van der Waals surface area (Å²) in [4.78, 5) is 42.5. The summed E-state index contributed by atoms with van der Waals surface area (Å²) >= 11 is 3.43. The summed E-state index contributed by atoms with van der Waals surface area (Å²) < 4.78 is 6.67. The Labute approximate surface area is 206 Å². The van der Waals surface area contributed by atoms with Gasteiger partial charge in [-0.1, -0.05) is 53.5 Å². The first-order valence-electron chi connectivity index (χ1n) is 11.3. The highest BCUT2D eigenvalue weighted by Crippen LogP contribution is 2.44. The van der Waals surface area contributed by atoms with Crippen LogP contribution in [-0.2, 0) is 4.79 Å². The van der Waals surface area contributed by atoms with Crippen molar-refractivity contribution in [3.05, 3.63) is 94.0 Å². The number of rotatable bonds is 7. The average molecular weight is 519 g/mol. The fourth-order valence-electron chi connectivity index (χ4n) is 4.50. The first kappa shape index (κ1) is 22.3. The van der Waals surface area contributed by atoms with Gasteiger partial charge in [0.25, 0.3) is 17.7 Å². The van der Waals surface area contributed by atoms with Crippen LogP contribution >= 0.6 is 15.9 Å². The molecule has 0 saturated carbocycles. The summed E-state index contributed by atoms with van der Waals surface area (Å²) in [6.07, 6.45) is 2.02. The molecule has 0 spiro atoms. The number of carbonyl (C=O) groups excluding carboxylic acids is 3. The summed E-state index contributed by atoms with van der Waals surface area (Å²) in [5.74, 6) is -0.404. The van der Waals surface area contributed by atoms with Crippen LogP contribution in [0.15, 0.2) is 77.3 Å². The smallest absolute Gasteiger partial charge is 0.262 e. The van der Waals surface area contributed by atoms with E-state index in [1.54, 1.807) is 29.2 Å². The normalized spacial score (nSPS) is 19.3. The molecule has 2 aliphatic heterocycles. The van der Waals surface area contributed by atoms with Gasteiger partial charge >= 0.3 is 0 Å². The predicted octanol–water partition coefficient (Wildman–Crippen LogP) is 5.38. The highest BCUT2D eigenvalue weighted by Gasteiger charge is 2.57. The molecule has 0 aromatic heterocycles. The Morgan fingerprint density at radius 3 is 2.00 bits per heavy atom. The molecular weight excluding hydrogens is 496 g/mol. The fourth-order valence-corrected chi connectivity index (χ4v) is 4.77. The van der Waals surface area contributed by atoms with Crippen LogP contribution < -0.4 is 9.64 Å². The van der Waals surface area contributed by atoms with E-state index in [1.807, 2.05) is 48.5 Å². The lowest BCUT2D eigenvalue weighted by atomic mass is 9.86. The molecule has 6 nitrogen and oxygen atoms in total. The predicted molar refractivity (Wildman–Crippen MR) is 132 cm³/mol. The first-order chi connectivity index (χ1) is 16.5. The zero-order chi connectivity index (χ0) is 23.8. The quantitative estimate of drug-likeness (QED) is 0.239. The van der Waals surface area contributed by atoms with Crippen molar-refractivity contribution >= 4 is 39.3 Å². The second-order valence-electron chi connectivity index (χ2n) is 8.37. The third kappa shape index (κ3) is 3.70. The lowest BCUT2D eigenvalue weighted by molar-refractivity contribution is -0.130. The second kappa shape index (κ2) is 9.06. The monoisotopic (exact) mass is 518 g/mol. The maximum absolute atomic E-state index is 13.4. The van der Waals surface area contributed by atoms with Gasteiger partial charge in [0, 0.05) is 10.2 Å². The van der Waals surface area contributed by atoms with Crippen molar-refractivity contribution in [1.82, 2.24) is 4.90 Å². The molecule has 2 atom stereocenters. The molecule has 0 bridgehead atoms. The number of hydrogen-bond acceptors (Lipinski definition) is 4. The van der Waals surface area contributed by atoms with Crippen molar-refractivity contribution in [2.75, 3.05) is 11.5 Å². The fraction of sp³-hybridized carbons (Fsp3) is 0.222. The van der Waals surface area contributed by atoms with Gasteiger partial charge in [-0.2, -0.15) is 0 Å². The number of fused-ring (bicyclic) bond motifs is 1. The Balaban J connectivity index is 1.50. The largest absolute Gasteiger partial charge is 0.494 e. The van der Waals surface area contributed by atoms with E-state index >= 15 is 0 Å². The Morgan fingerprint density at radius 1 is 0.794 bits per heavy atom. The van der Waals surface area contributed by atoms with Crippen molar-refractivity contribution in [3.8, 4) is 5.75 Å². The van der Waals surface area contributed by atoms with Gasteiger partial charge in [0.15, 0.2) is 0 Å². The number of hydrogen-bond donors (Lipinski definition) is 0. The van der Waals surface area contributed by atoms with E-state index in [1.165, 1.54) is 0 Å². The molecule has 1 saturated heterocycles. The van der Waals surface area contributed by atoms with E-state index in [2.05, 4.69) is 22.9 Å². The number of nitrogens with zero attached hydrogens (tertiary/aromatic N) is 2. The molecule has 2 heterocycles. The zero-order valence-corrected chi connectivity index (χ0v) is 20.2. The molecule has 0 radical (unpaired) electrons. The van der Waals surface area contributed by atoms with E-state index in [0.717, 1.165) is 33.5 Å². The number of ether oxygens (including phenoxy) is 1. The molecule has 0 N–H and O–H groups in total. The zero-order valence-electron chi connectivity index (χ0n) is 18.6. The highest BCUT2D eigenvalue weighted by atomic mass is 79.9. The Morgan fingerprint density at radius 2 is 1.41 bits per heavy atom. The van der Waals surface area contributed by atoms with E-state index in [4.69, 9.17) is 4.74 Å². The Kier molecular flexibility index (Phi) is 5.96. The Hall–Kier alpha value is -3.45. The van der Waals surface area contributed by atoms with Crippen molar-refractivity contribution in [3.63, 3.8) is 0 Å². The van der Waals surface area contributed by atoms with Crippen molar-refractivity contribution in [2.45, 2.75) is 31.8 Å². The van der Waals surface area contributed by atoms with E-state index in [0.29, 0.717) is 23.4 Å². The minimum absolute atomic E-state index is 0.287. The first-order valence-corrected chi connectivity index (χ1v) is 12.1. The maximum atomic E-state index is 13.4. The van der Waals surface area contributed by atoms with E-state index in [-0.39, 0.29) is 5.91 Å². The van der Waals surface area contributed by atoms with Crippen molar-refractivity contribution in [1.29, 1.82) is 0 Å². The number of β-lactam (4-membered cyclic amide) rings is 1. The summed E-state index contributed by atoms with van der Waals surface area (Å²) in [5, 5.41) is 0. The average Bonchev–Trinajstić information content (AvgIpc) is 3.10. The third-order valence-electron chi connectivity index (χ3n) is 6.26. The molecule has 3 aromatic carbocycles. The SMILES string of the molecule is CCCCOc1ccc([C@@H]2[C@H](N3C(=O)c4ccccc4C3=O)C(=O)N2c2ccc(Br)cc2)cc1. The van der Waals surface area contributed by atoms with Crippen LogP contribution in [0.2, 0.25) is 0 Å². The number of imide groups is 1. The molecule has 2 aliphatic rings. The number of anilines is 1. The van der Waals surface area contributed by atoms with Crippen LogP contribution in [0.1, 0.15) is 52.1 Å². The van der Waals surface area contributed by atoms with Crippen LogP contribution in [0.4, 0.5) is 5.69 Å². The Bertz CT molecular complexity index is 1220. The van der Waals surface area contributed by atoms with Gasteiger partial charge in [-0.25, -0.2) is 0 Å². The minimum Gasteiger partial charge on any atom is -0.494 e. The standard InChI is InChI=1S/C27H23BrN2O4/c1-2-3-16-34-20-14-8-17(9-15-20)23-24(27(33)29(23)19-12-10-18(28)11-13-19)30-25(31)21-6-4-5-7-22(21)26(30)32/h4-15,23-24H,2-3,16H2,1H3/t23-,24+/m1/s1. The van der Waals surface area contributed by atoms with Crippen LogP contribution in [0.25, 0.3) is 0 Å². The molecule has 34 heavy (non-hydrogen) atoms. The van der Waals surface area contributed by atoms with E-state index < -0.39 is 23.9 Å². The molecule has 5 rings (SSSR count). The van der Waals surface area contributed by atoms with E-state index in [9.17, 15) is 14.4 Å². The second-order valence-corrected chi connectivity index (χ2v) is 9.29. The molecular formula is C27H23BrN2O4. The molecule has 7 heteroatoms. The number of halogens is 1. The number of carbonyl (C=O) groups is 3. The number of unbranched alkanes of at least 4 members (excludes halogenated alkanes) is 1. The maximum Gasteiger partial charge on any atom is 0.262 e. The molecule has 172 valence electrons. The van der Waals surface area contributed by atoms with Crippen molar-refractivity contribution < 1.29 is 19.1 Å². The van der Waals surface area contributed by atoms with Crippen LogP contribution in [0, 0.1) is 0 Å². The van der Waals surface area contributed by atoms with Gasteiger partial charge in [-0.3, -0.25) is 19.3 Å². The molecule has 0 aliphatic carbocycles. The molecule has 3 amide bonds. The molecule has 0 unspecified atom stereocenters. The lowest BCUT2D eigenvalue weighted by Gasteiger charge is -2.49. The van der Waals surface area contributed by atoms with Gasteiger partial charge in [0.05, 0.1) is 23.8 Å². The number of amides is 3. The summed E-state index contributed by atoms with van der Waals surface area (Å²) in [7, 11) is 0. The highest BCUT2D eigenvalue weighted by molar-refractivity contribution is 9.10.